The maximum absolute atomic E-state index is 7.76. The van der Waals surface area contributed by atoms with Crippen molar-refractivity contribution in [2.24, 2.45) is 5.92 Å². The van der Waals surface area contributed by atoms with Crippen LogP contribution in [-0.4, -0.2) is 24.5 Å². The summed E-state index contributed by atoms with van der Waals surface area (Å²) in [6, 6.07) is 61.6. The van der Waals surface area contributed by atoms with Crippen LogP contribution in [0.1, 0.15) is 74.8 Å². The van der Waals surface area contributed by atoms with Gasteiger partial charge in [0, 0.05) is 69.5 Å². The topological polar surface area (TPSA) is 34.9 Å². The number of nitrogens with zero attached hydrogens (tertiary/aromatic N) is 3. The average molecular weight is 897 g/mol. The summed E-state index contributed by atoms with van der Waals surface area (Å²) >= 11 is 0. The van der Waals surface area contributed by atoms with Gasteiger partial charge in [-0.15, -0.1) is 0 Å². The third kappa shape index (κ3) is 5.95. The summed E-state index contributed by atoms with van der Waals surface area (Å²) in [5.41, 5.74) is 21.0. The number of allylic oxidation sites excluding steroid dienone is 4. The van der Waals surface area contributed by atoms with E-state index in [1.807, 2.05) is 0 Å². The van der Waals surface area contributed by atoms with E-state index in [-0.39, 0.29) is 0 Å². The molecule has 8 aromatic carbocycles. The van der Waals surface area contributed by atoms with Gasteiger partial charge in [-0.05, 0) is 125 Å². The minimum Gasteiger partial charge on any atom is -0.455 e. The average Bonchev–Trinajstić information content (AvgIpc) is 4.01. The number of nitrogens with one attached hydrogen (secondary N) is 1. The highest BCUT2D eigenvalue weighted by molar-refractivity contribution is 6.25. The fourth-order valence-corrected chi connectivity index (χ4v) is 12.3. The molecule has 3 heterocycles. The highest BCUT2D eigenvalue weighted by Crippen LogP contribution is 2.66. The van der Waals surface area contributed by atoms with Crippen LogP contribution >= 0.6 is 0 Å². The number of rotatable bonds is 7. The van der Waals surface area contributed by atoms with Crippen molar-refractivity contribution in [2.75, 3.05) is 23.4 Å². The molecule has 2 aliphatic carbocycles. The van der Waals surface area contributed by atoms with Crippen LogP contribution in [0.15, 0.2) is 204 Å². The van der Waals surface area contributed by atoms with Gasteiger partial charge < -0.3 is 24.4 Å². The summed E-state index contributed by atoms with van der Waals surface area (Å²) in [7, 11) is 2.20. The molecule has 4 aliphatic rings. The van der Waals surface area contributed by atoms with Crippen molar-refractivity contribution in [3.05, 3.63) is 227 Å². The summed E-state index contributed by atoms with van der Waals surface area (Å²) in [4.78, 5) is 7.38. The lowest BCUT2D eigenvalue weighted by molar-refractivity contribution is 0.409. The van der Waals surface area contributed by atoms with Crippen LogP contribution in [0.25, 0.3) is 55.0 Å². The molecule has 1 N–H and O–H groups in total. The van der Waals surface area contributed by atoms with E-state index in [1.54, 1.807) is 0 Å². The van der Waals surface area contributed by atoms with Gasteiger partial charge in [-0.1, -0.05) is 148 Å². The normalized spacial score (nSPS) is 19.0. The Kier molecular flexibility index (Phi) is 9.39. The van der Waals surface area contributed by atoms with Crippen molar-refractivity contribution < 1.29 is 4.42 Å². The van der Waals surface area contributed by atoms with E-state index >= 15 is 0 Å². The van der Waals surface area contributed by atoms with E-state index in [9.17, 15) is 0 Å². The molecule has 1 aromatic heterocycles. The molecule has 0 fully saturated rings. The molecular formula is C64H56N4O. The lowest BCUT2D eigenvalue weighted by atomic mass is 9.70. The van der Waals surface area contributed by atoms with Gasteiger partial charge in [-0.2, -0.15) is 0 Å². The lowest BCUT2D eigenvalue weighted by Crippen LogP contribution is -2.36. The molecule has 0 saturated carbocycles. The van der Waals surface area contributed by atoms with Crippen molar-refractivity contribution in [1.82, 2.24) is 10.2 Å². The van der Waals surface area contributed by atoms with Crippen LogP contribution in [0.5, 0.6) is 0 Å². The van der Waals surface area contributed by atoms with E-state index in [0.717, 1.165) is 68.4 Å². The number of anilines is 4. The van der Waals surface area contributed by atoms with Crippen LogP contribution in [0, 0.1) is 5.92 Å². The van der Waals surface area contributed by atoms with Crippen LogP contribution in [0.4, 0.5) is 22.7 Å². The lowest BCUT2D eigenvalue weighted by Gasteiger charge is -2.36. The minimum atomic E-state index is -0.590. The third-order valence-electron chi connectivity index (χ3n) is 15.9. The fraction of sp³-hybridized carbons (Fsp3) is 0.188. The molecule has 5 nitrogen and oxygen atoms in total. The SMILES string of the molecule is CC1=CC=C(N(c2ccccc2)c2cc3c(c4oc5c6ccccc6c(N(C6=CNC(C)C(C)C6)c6ccccc6)cc5c24)-c2ccccc2C32c3ccccc3-c3c(C(C)C)cccc32)CN1C. The second kappa shape index (κ2) is 15.6. The summed E-state index contributed by atoms with van der Waals surface area (Å²) in [5, 5.41) is 8.17. The summed E-state index contributed by atoms with van der Waals surface area (Å²) in [6.45, 7) is 12.2. The maximum Gasteiger partial charge on any atom is 0.145 e. The first kappa shape index (κ1) is 41.4. The smallest absolute Gasteiger partial charge is 0.145 e. The number of hydrogen-bond donors (Lipinski definition) is 1. The first-order chi connectivity index (χ1) is 33.7. The van der Waals surface area contributed by atoms with Gasteiger partial charge in [0.25, 0.3) is 0 Å². The van der Waals surface area contributed by atoms with Gasteiger partial charge in [-0.3, -0.25) is 0 Å². The Bertz CT molecular complexity index is 3650. The van der Waals surface area contributed by atoms with Gasteiger partial charge >= 0.3 is 0 Å². The van der Waals surface area contributed by atoms with Gasteiger partial charge in [0.05, 0.1) is 28.7 Å². The Balaban J connectivity index is 1.22. The van der Waals surface area contributed by atoms with Crippen LogP contribution in [0.3, 0.4) is 0 Å². The largest absolute Gasteiger partial charge is 0.455 e. The quantitative estimate of drug-likeness (QED) is 0.172. The van der Waals surface area contributed by atoms with E-state index in [4.69, 9.17) is 4.42 Å². The fourth-order valence-electron chi connectivity index (χ4n) is 12.3. The summed E-state index contributed by atoms with van der Waals surface area (Å²) in [5.74, 6) is 0.793. The second-order valence-electron chi connectivity index (χ2n) is 20.1. The Hall–Kier alpha value is -7.76. The zero-order chi connectivity index (χ0) is 46.7. The van der Waals surface area contributed by atoms with Gasteiger partial charge in [0.1, 0.15) is 11.2 Å². The molecule has 0 radical (unpaired) electrons. The van der Waals surface area contributed by atoms with E-state index < -0.39 is 5.41 Å². The maximum atomic E-state index is 7.76. The van der Waals surface area contributed by atoms with Crippen molar-refractivity contribution in [2.45, 2.75) is 58.4 Å². The number of fused-ring (bicyclic) bond motifs is 16. The molecule has 3 atom stereocenters. The van der Waals surface area contributed by atoms with Crippen molar-refractivity contribution in [1.29, 1.82) is 0 Å². The highest BCUT2D eigenvalue weighted by Gasteiger charge is 2.53. The minimum absolute atomic E-state index is 0.345. The molecule has 0 amide bonds. The van der Waals surface area contributed by atoms with Crippen LogP contribution < -0.4 is 15.1 Å². The Morgan fingerprint density at radius 3 is 1.87 bits per heavy atom. The molecule has 3 unspecified atom stereocenters. The molecule has 13 rings (SSSR count). The molecule has 5 heteroatoms. The molecule has 69 heavy (non-hydrogen) atoms. The number of benzene rings is 8. The first-order valence-electron chi connectivity index (χ1n) is 24.8. The van der Waals surface area contributed by atoms with Crippen LogP contribution in [0.2, 0.25) is 0 Å². The van der Waals surface area contributed by atoms with Crippen molar-refractivity contribution >= 4 is 55.5 Å². The number of para-hydroxylation sites is 2. The zero-order valence-corrected chi connectivity index (χ0v) is 40.2. The number of furan rings is 1. The van der Waals surface area contributed by atoms with E-state index in [0.29, 0.717) is 17.9 Å². The second-order valence-corrected chi connectivity index (χ2v) is 20.1. The van der Waals surface area contributed by atoms with Crippen molar-refractivity contribution in [3.8, 4) is 22.3 Å². The zero-order valence-electron chi connectivity index (χ0n) is 40.2. The Labute approximate surface area is 405 Å². The Morgan fingerprint density at radius 1 is 0.594 bits per heavy atom. The van der Waals surface area contributed by atoms with Gasteiger partial charge in [0.2, 0.25) is 0 Å². The van der Waals surface area contributed by atoms with E-state index in [2.05, 4.69) is 244 Å². The summed E-state index contributed by atoms with van der Waals surface area (Å²) < 4.78 is 7.76. The third-order valence-corrected chi connectivity index (χ3v) is 15.9. The standard InChI is InChI=1S/C64H56N4O/c1-39(2)47-28-19-31-55-59(47)50-26-15-17-29-53(50)64(55)54-30-18-16-27-51(54)60-56(64)36-58(67(43-20-9-7-10-21-43)45-33-32-41(4)66(6)38-45)61-52-35-57(48-24-13-14-25-49(48)62(52)69-63(60)61)68(44-22-11-8-12-23-44)46-34-40(3)42(5)65-37-46/h7-33,35-37,39-40,42,65H,34,38H2,1-6H3. The van der Waals surface area contributed by atoms with E-state index in [1.165, 1.54) is 67.2 Å². The molecule has 0 saturated heterocycles. The molecular weight excluding hydrogens is 841 g/mol. The van der Waals surface area contributed by atoms with Crippen LogP contribution in [-0.2, 0) is 5.41 Å². The molecule has 1 spiro atoms. The Morgan fingerprint density at radius 2 is 1.20 bits per heavy atom. The predicted octanol–water partition coefficient (Wildman–Crippen LogP) is 16.1. The number of hydrogen-bond acceptors (Lipinski definition) is 5. The van der Waals surface area contributed by atoms with Gasteiger partial charge in [-0.25, -0.2) is 0 Å². The monoisotopic (exact) mass is 896 g/mol. The predicted molar refractivity (Wildman–Crippen MR) is 288 cm³/mol. The first-order valence-corrected chi connectivity index (χ1v) is 24.8. The summed E-state index contributed by atoms with van der Waals surface area (Å²) in [6.07, 6.45) is 7.78. The van der Waals surface area contributed by atoms with Crippen molar-refractivity contribution in [3.63, 3.8) is 0 Å². The molecule has 2 aliphatic heterocycles. The molecule has 9 aromatic rings. The number of likely N-dealkylation sites (N-methyl/N-ethyl adjacent to an activating group) is 1. The molecule has 0 bridgehead atoms. The molecule has 338 valence electrons. The highest BCUT2D eigenvalue weighted by atomic mass is 16.3. The van der Waals surface area contributed by atoms with Gasteiger partial charge in [0.15, 0.2) is 0 Å².